The average molecular weight is 280 g/mol. The minimum atomic E-state index is 0.267. The number of benzene rings is 2. The third-order valence-corrected chi connectivity index (χ3v) is 3.54. The Morgan fingerprint density at radius 3 is 2.62 bits per heavy atom. The van der Waals surface area contributed by atoms with E-state index < -0.39 is 0 Å². The summed E-state index contributed by atoms with van der Waals surface area (Å²) in [5, 5.41) is 12.3. The van der Waals surface area contributed by atoms with Crippen molar-refractivity contribution in [2.45, 2.75) is 19.4 Å². The minimum Gasteiger partial charge on any atom is -0.497 e. The lowest BCUT2D eigenvalue weighted by Crippen LogP contribution is -2.21. The number of nitriles is 1. The van der Waals surface area contributed by atoms with Crippen molar-refractivity contribution in [3.63, 3.8) is 0 Å². The number of methoxy groups -OCH3 is 1. The van der Waals surface area contributed by atoms with Crippen molar-refractivity contribution in [2.75, 3.05) is 13.7 Å². The molecule has 21 heavy (non-hydrogen) atoms. The first kappa shape index (κ1) is 15.1. The highest BCUT2D eigenvalue weighted by Crippen LogP contribution is 2.15. The maximum Gasteiger partial charge on any atom is 0.119 e. The van der Waals surface area contributed by atoms with Crippen molar-refractivity contribution in [1.82, 2.24) is 5.32 Å². The molecule has 0 aliphatic heterocycles. The van der Waals surface area contributed by atoms with Crippen LogP contribution in [0.1, 0.15) is 29.7 Å². The first-order chi connectivity index (χ1) is 10.2. The van der Waals surface area contributed by atoms with Gasteiger partial charge in [-0.05, 0) is 55.3 Å². The number of nitrogens with one attached hydrogen (secondary N) is 1. The molecule has 108 valence electrons. The lowest BCUT2D eigenvalue weighted by atomic mass is 10.1. The van der Waals surface area contributed by atoms with E-state index in [2.05, 4.69) is 30.4 Å². The third kappa shape index (κ3) is 4.34. The highest BCUT2D eigenvalue weighted by molar-refractivity contribution is 5.32. The molecule has 0 bridgehead atoms. The number of rotatable bonds is 6. The predicted molar refractivity (Wildman–Crippen MR) is 84.3 cm³/mol. The van der Waals surface area contributed by atoms with Gasteiger partial charge in [0.2, 0.25) is 0 Å². The number of hydrogen-bond donors (Lipinski definition) is 1. The standard InChI is InChI=1S/C18H20N2O/c1-14(17-8-6-16(13-19)7-9-17)20-11-10-15-4-3-5-18(12-15)21-2/h3-9,12,14,20H,10-11H2,1-2H3. The highest BCUT2D eigenvalue weighted by atomic mass is 16.5. The zero-order chi connectivity index (χ0) is 15.1. The summed E-state index contributed by atoms with van der Waals surface area (Å²) in [5.74, 6) is 0.896. The van der Waals surface area contributed by atoms with E-state index in [0.29, 0.717) is 5.56 Å². The lowest BCUT2D eigenvalue weighted by molar-refractivity contribution is 0.414. The van der Waals surface area contributed by atoms with Crippen molar-refractivity contribution < 1.29 is 4.74 Å². The molecule has 1 N–H and O–H groups in total. The number of ether oxygens (including phenoxy) is 1. The number of hydrogen-bond acceptors (Lipinski definition) is 3. The fourth-order valence-electron chi connectivity index (χ4n) is 2.23. The van der Waals surface area contributed by atoms with Crippen molar-refractivity contribution in [1.29, 1.82) is 5.26 Å². The zero-order valence-electron chi connectivity index (χ0n) is 12.5. The van der Waals surface area contributed by atoms with Crippen LogP contribution in [0.2, 0.25) is 0 Å². The van der Waals surface area contributed by atoms with Crippen LogP contribution in [-0.2, 0) is 6.42 Å². The second kappa shape index (κ2) is 7.47. The topological polar surface area (TPSA) is 45.0 Å². The summed E-state index contributed by atoms with van der Waals surface area (Å²) in [4.78, 5) is 0. The van der Waals surface area contributed by atoms with Gasteiger partial charge >= 0.3 is 0 Å². The quantitative estimate of drug-likeness (QED) is 0.881. The van der Waals surface area contributed by atoms with Crippen LogP contribution in [-0.4, -0.2) is 13.7 Å². The fraction of sp³-hybridized carbons (Fsp3) is 0.278. The minimum absolute atomic E-state index is 0.267. The van der Waals surface area contributed by atoms with Crippen LogP contribution < -0.4 is 10.1 Å². The molecule has 0 aromatic heterocycles. The van der Waals surface area contributed by atoms with Crippen molar-refractivity contribution >= 4 is 0 Å². The maximum absolute atomic E-state index is 8.80. The van der Waals surface area contributed by atoms with Crippen LogP contribution in [0.4, 0.5) is 0 Å². The van der Waals surface area contributed by atoms with Gasteiger partial charge in [0, 0.05) is 6.04 Å². The van der Waals surface area contributed by atoms with Crippen LogP contribution in [0.15, 0.2) is 48.5 Å². The summed E-state index contributed by atoms with van der Waals surface area (Å²) in [7, 11) is 1.68. The Labute approximate surface area is 126 Å². The van der Waals surface area contributed by atoms with Crippen LogP contribution in [0.25, 0.3) is 0 Å². The molecule has 3 nitrogen and oxygen atoms in total. The molecule has 0 amide bonds. The average Bonchev–Trinajstić information content (AvgIpc) is 2.55. The largest absolute Gasteiger partial charge is 0.497 e. The molecule has 2 rings (SSSR count). The van der Waals surface area contributed by atoms with Gasteiger partial charge in [0.25, 0.3) is 0 Å². The van der Waals surface area contributed by atoms with Gasteiger partial charge in [0.15, 0.2) is 0 Å². The van der Waals surface area contributed by atoms with E-state index in [9.17, 15) is 0 Å². The van der Waals surface area contributed by atoms with E-state index >= 15 is 0 Å². The van der Waals surface area contributed by atoms with Crippen LogP contribution >= 0.6 is 0 Å². The monoisotopic (exact) mass is 280 g/mol. The van der Waals surface area contributed by atoms with Gasteiger partial charge in [-0.1, -0.05) is 24.3 Å². The summed E-state index contributed by atoms with van der Waals surface area (Å²) < 4.78 is 5.23. The van der Waals surface area contributed by atoms with E-state index in [4.69, 9.17) is 10.00 Å². The van der Waals surface area contributed by atoms with Gasteiger partial charge in [-0.25, -0.2) is 0 Å². The van der Waals surface area contributed by atoms with Crippen LogP contribution in [0.5, 0.6) is 5.75 Å². The van der Waals surface area contributed by atoms with E-state index in [0.717, 1.165) is 18.7 Å². The Morgan fingerprint density at radius 2 is 1.95 bits per heavy atom. The van der Waals surface area contributed by atoms with E-state index in [1.807, 2.05) is 36.4 Å². The Balaban J connectivity index is 1.85. The molecule has 0 heterocycles. The normalized spacial score (nSPS) is 11.7. The Bertz CT molecular complexity index is 614. The molecule has 0 saturated heterocycles. The van der Waals surface area contributed by atoms with Gasteiger partial charge in [-0.3, -0.25) is 0 Å². The van der Waals surface area contributed by atoms with Crippen molar-refractivity contribution in [3.05, 3.63) is 65.2 Å². The molecule has 3 heteroatoms. The summed E-state index contributed by atoms with van der Waals surface area (Å²) in [6.45, 7) is 3.03. The molecule has 1 atom stereocenters. The summed E-state index contributed by atoms with van der Waals surface area (Å²) in [5.41, 5.74) is 3.15. The summed E-state index contributed by atoms with van der Waals surface area (Å²) in [6.07, 6.45) is 0.956. The third-order valence-electron chi connectivity index (χ3n) is 3.54. The van der Waals surface area contributed by atoms with E-state index in [1.54, 1.807) is 7.11 Å². The second-order valence-corrected chi connectivity index (χ2v) is 5.01. The molecule has 0 fully saturated rings. The first-order valence-electron chi connectivity index (χ1n) is 7.09. The molecular formula is C18H20N2O. The molecule has 1 unspecified atom stereocenters. The molecular weight excluding hydrogens is 260 g/mol. The first-order valence-corrected chi connectivity index (χ1v) is 7.09. The van der Waals surface area contributed by atoms with Gasteiger partial charge in [0.1, 0.15) is 5.75 Å². The molecule has 0 radical (unpaired) electrons. The SMILES string of the molecule is COc1cccc(CCNC(C)c2ccc(C#N)cc2)c1. The highest BCUT2D eigenvalue weighted by Gasteiger charge is 2.04. The van der Waals surface area contributed by atoms with Crippen molar-refractivity contribution in [2.24, 2.45) is 0 Å². The predicted octanol–water partition coefficient (Wildman–Crippen LogP) is 3.46. The molecule has 0 aliphatic rings. The fourth-order valence-corrected chi connectivity index (χ4v) is 2.23. The maximum atomic E-state index is 8.80. The molecule has 0 spiro atoms. The molecule has 0 aliphatic carbocycles. The smallest absolute Gasteiger partial charge is 0.119 e. The van der Waals surface area contributed by atoms with Crippen molar-refractivity contribution in [3.8, 4) is 11.8 Å². The van der Waals surface area contributed by atoms with Gasteiger partial charge in [0.05, 0.1) is 18.7 Å². The van der Waals surface area contributed by atoms with E-state index in [1.165, 1.54) is 11.1 Å². The summed E-state index contributed by atoms with van der Waals surface area (Å²) >= 11 is 0. The summed E-state index contributed by atoms with van der Waals surface area (Å²) in [6, 6.07) is 18.3. The molecule has 2 aromatic carbocycles. The molecule has 2 aromatic rings. The van der Waals surface area contributed by atoms with Crippen LogP contribution in [0, 0.1) is 11.3 Å². The van der Waals surface area contributed by atoms with Gasteiger partial charge in [-0.2, -0.15) is 5.26 Å². The van der Waals surface area contributed by atoms with Crippen LogP contribution in [0.3, 0.4) is 0 Å². The van der Waals surface area contributed by atoms with E-state index in [-0.39, 0.29) is 6.04 Å². The zero-order valence-corrected chi connectivity index (χ0v) is 12.5. The lowest BCUT2D eigenvalue weighted by Gasteiger charge is -2.14. The Morgan fingerprint density at radius 1 is 1.19 bits per heavy atom. The Hall–Kier alpha value is -2.31. The number of nitrogens with zero attached hydrogens (tertiary/aromatic N) is 1. The molecule has 0 saturated carbocycles. The Kier molecular flexibility index (Phi) is 5.36. The van der Waals surface area contributed by atoms with Gasteiger partial charge in [-0.15, -0.1) is 0 Å². The van der Waals surface area contributed by atoms with Gasteiger partial charge < -0.3 is 10.1 Å². The second-order valence-electron chi connectivity index (χ2n) is 5.01.